The maximum atomic E-state index is 12.4. The first-order valence-corrected chi connectivity index (χ1v) is 9.37. The number of aromatic nitrogens is 1. The van der Waals surface area contributed by atoms with Crippen molar-refractivity contribution in [3.63, 3.8) is 0 Å². The summed E-state index contributed by atoms with van der Waals surface area (Å²) in [5.41, 5.74) is 0.764. The second-order valence-electron chi connectivity index (χ2n) is 5.47. The third kappa shape index (κ3) is 3.73. The van der Waals surface area contributed by atoms with Gasteiger partial charge in [-0.2, -0.15) is 0 Å². The van der Waals surface area contributed by atoms with Gasteiger partial charge in [-0.25, -0.2) is 4.98 Å². The van der Waals surface area contributed by atoms with Crippen LogP contribution in [0.4, 0.5) is 5.13 Å². The Morgan fingerprint density at radius 2 is 2.00 bits per heavy atom. The van der Waals surface area contributed by atoms with Crippen LogP contribution in [0.1, 0.15) is 25.7 Å². The number of carbonyl (C=O) groups is 2. The fourth-order valence-electron chi connectivity index (χ4n) is 2.83. The van der Waals surface area contributed by atoms with Crippen molar-refractivity contribution in [3.8, 4) is 10.6 Å². The Kier molecular flexibility index (Phi) is 4.99. The molecule has 0 saturated heterocycles. The van der Waals surface area contributed by atoms with Gasteiger partial charge in [0, 0.05) is 5.38 Å². The molecule has 0 radical (unpaired) electrons. The predicted octanol–water partition coefficient (Wildman–Crippen LogP) is 4.35. The lowest BCUT2D eigenvalue weighted by Crippen LogP contribution is -2.36. The number of anilines is 1. The molecule has 1 fully saturated rings. The molecule has 2 heterocycles. The molecule has 1 saturated carbocycles. The average molecular weight is 371 g/mol. The number of nitrogens with one attached hydrogen (secondary N) is 1. The van der Waals surface area contributed by atoms with E-state index in [0.29, 0.717) is 22.3 Å². The van der Waals surface area contributed by atoms with Gasteiger partial charge in [0.15, 0.2) is 5.13 Å². The smallest absolute Gasteiger partial charge is 0.307 e. The summed E-state index contributed by atoms with van der Waals surface area (Å²) in [6.45, 7) is 0. The number of amides is 1. The fraction of sp³-hybridized carbons (Fsp3) is 0.400. The molecular formula is C15H15ClN2O3S2. The molecule has 0 unspecified atom stereocenters. The number of halogens is 1. The number of carbonyl (C=O) groups excluding carboxylic acids is 1. The molecular weight excluding hydrogens is 356 g/mol. The van der Waals surface area contributed by atoms with Crippen LogP contribution in [-0.4, -0.2) is 22.0 Å². The van der Waals surface area contributed by atoms with Gasteiger partial charge in [-0.3, -0.25) is 9.59 Å². The van der Waals surface area contributed by atoms with Crippen LogP contribution >= 0.6 is 34.3 Å². The summed E-state index contributed by atoms with van der Waals surface area (Å²) in [4.78, 5) is 29.0. The molecule has 0 bridgehead atoms. The van der Waals surface area contributed by atoms with Crippen LogP contribution in [0.5, 0.6) is 0 Å². The van der Waals surface area contributed by atoms with E-state index >= 15 is 0 Å². The summed E-state index contributed by atoms with van der Waals surface area (Å²) >= 11 is 8.67. The van der Waals surface area contributed by atoms with E-state index in [1.54, 1.807) is 6.07 Å². The number of hydrogen-bond acceptors (Lipinski definition) is 5. The lowest BCUT2D eigenvalue weighted by Gasteiger charge is -2.26. The SMILES string of the molecule is O=C(Nc1nc(-c2ccc(Cl)s2)cs1)[C@H]1CCCC[C@H]1C(=O)O. The van der Waals surface area contributed by atoms with Crippen molar-refractivity contribution >= 4 is 51.3 Å². The molecule has 2 atom stereocenters. The zero-order valence-corrected chi connectivity index (χ0v) is 14.5. The summed E-state index contributed by atoms with van der Waals surface area (Å²) in [6.07, 6.45) is 2.92. The maximum absolute atomic E-state index is 12.4. The Balaban J connectivity index is 1.70. The fourth-order valence-corrected chi connectivity index (χ4v) is 4.63. The summed E-state index contributed by atoms with van der Waals surface area (Å²) in [7, 11) is 0. The molecule has 2 N–H and O–H groups in total. The molecule has 8 heteroatoms. The summed E-state index contributed by atoms with van der Waals surface area (Å²) < 4.78 is 0.685. The first kappa shape index (κ1) is 16.4. The van der Waals surface area contributed by atoms with E-state index in [0.717, 1.165) is 23.4 Å². The number of carboxylic acids is 1. The lowest BCUT2D eigenvalue weighted by molar-refractivity contribution is -0.147. The normalized spacial score (nSPS) is 21.1. The standard InChI is InChI=1S/C15H15ClN2O3S2/c16-12-6-5-11(23-12)10-7-22-15(17-10)18-13(19)8-3-1-2-4-9(8)14(20)21/h5-9H,1-4H2,(H,20,21)(H,17,18,19)/t8-,9+/m0/s1. The van der Waals surface area contributed by atoms with Crippen molar-refractivity contribution in [3.05, 3.63) is 21.8 Å². The first-order chi connectivity index (χ1) is 11.0. The molecule has 122 valence electrons. The van der Waals surface area contributed by atoms with E-state index < -0.39 is 17.8 Å². The third-order valence-corrected chi connectivity index (χ3v) is 5.99. The highest BCUT2D eigenvalue weighted by Crippen LogP contribution is 2.34. The monoisotopic (exact) mass is 370 g/mol. The number of hydrogen-bond donors (Lipinski definition) is 2. The Morgan fingerprint density at radius 1 is 1.26 bits per heavy atom. The van der Waals surface area contributed by atoms with E-state index in [1.165, 1.54) is 22.7 Å². The topological polar surface area (TPSA) is 79.3 Å². The minimum absolute atomic E-state index is 0.248. The summed E-state index contributed by atoms with van der Waals surface area (Å²) in [5, 5.41) is 14.4. The Morgan fingerprint density at radius 3 is 2.65 bits per heavy atom. The zero-order valence-electron chi connectivity index (χ0n) is 12.1. The average Bonchev–Trinajstić information content (AvgIpc) is 3.16. The molecule has 1 amide bonds. The number of thiazole rings is 1. The van der Waals surface area contributed by atoms with E-state index in [1.807, 2.05) is 11.4 Å². The van der Waals surface area contributed by atoms with Crippen LogP contribution in [0.2, 0.25) is 4.34 Å². The van der Waals surface area contributed by atoms with Crippen molar-refractivity contribution in [2.45, 2.75) is 25.7 Å². The molecule has 5 nitrogen and oxygen atoms in total. The summed E-state index contributed by atoms with van der Waals surface area (Å²) in [5.74, 6) is -2.22. The highest BCUT2D eigenvalue weighted by molar-refractivity contribution is 7.20. The van der Waals surface area contributed by atoms with Crippen molar-refractivity contribution in [1.82, 2.24) is 4.98 Å². The van der Waals surface area contributed by atoms with Gasteiger partial charge < -0.3 is 10.4 Å². The second kappa shape index (κ2) is 6.98. The quantitative estimate of drug-likeness (QED) is 0.838. The number of rotatable bonds is 4. The minimum Gasteiger partial charge on any atom is -0.481 e. The molecule has 0 spiro atoms. The molecule has 0 aliphatic heterocycles. The van der Waals surface area contributed by atoms with Gasteiger partial charge in [0.25, 0.3) is 0 Å². The van der Waals surface area contributed by atoms with Crippen LogP contribution < -0.4 is 5.32 Å². The van der Waals surface area contributed by atoms with E-state index in [4.69, 9.17) is 11.6 Å². The van der Waals surface area contributed by atoms with Crippen LogP contribution in [0, 0.1) is 11.8 Å². The Labute approximate surface area is 146 Å². The zero-order chi connectivity index (χ0) is 16.4. The molecule has 23 heavy (non-hydrogen) atoms. The highest BCUT2D eigenvalue weighted by atomic mass is 35.5. The molecule has 1 aliphatic rings. The van der Waals surface area contributed by atoms with Gasteiger partial charge in [-0.1, -0.05) is 24.4 Å². The van der Waals surface area contributed by atoms with Gasteiger partial charge in [-0.05, 0) is 25.0 Å². The molecule has 0 aromatic carbocycles. The number of aliphatic carboxylic acids is 1. The van der Waals surface area contributed by atoms with Gasteiger partial charge >= 0.3 is 5.97 Å². The summed E-state index contributed by atoms with van der Waals surface area (Å²) in [6, 6.07) is 3.69. The third-order valence-electron chi connectivity index (χ3n) is 3.98. The lowest BCUT2D eigenvalue weighted by atomic mass is 9.79. The number of nitrogens with zero attached hydrogens (tertiary/aromatic N) is 1. The molecule has 3 rings (SSSR count). The molecule has 2 aromatic rings. The van der Waals surface area contributed by atoms with E-state index in [-0.39, 0.29) is 5.91 Å². The van der Waals surface area contributed by atoms with Crippen molar-refractivity contribution in [2.24, 2.45) is 11.8 Å². The van der Waals surface area contributed by atoms with Gasteiger partial charge in [0.1, 0.15) is 0 Å². The van der Waals surface area contributed by atoms with Crippen molar-refractivity contribution in [2.75, 3.05) is 5.32 Å². The number of thiophene rings is 1. The molecule has 1 aliphatic carbocycles. The van der Waals surface area contributed by atoms with Crippen LogP contribution in [-0.2, 0) is 9.59 Å². The van der Waals surface area contributed by atoms with Gasteiger partial charge in [0.2, 0.25) is 5.91 Å². The van der Waals surface area contributed by atoms with Crippen molar-refractivity contribution in [1.29, 1.82) is 0 Å². The van der Waals surface area contributed by atoms with Crippen LogP contribution in [0.3, 0.4) is 0 Å². The van der Waals surface area contributed by atoms with Crippen LogP contribution in [0.25, 0.3) is 10.6 Å². The first-order valence-electron chi connectivity index (χ1n) is 7.29. The Bertz CT molecular complexity index is 728. The van der Waals surface area contributed by atoms with Gasteiger partial charge in [0.05, 0.1) is 26.7 Å². The predicted molar refractivity (Wildman–Crippen MR) is 92.2 cm³/mol. The second-order valence-corrected chi connectivity index (χ2v) is 8.04. The van der Waals surface area contributed by atoms with Crippen LogP contribution in [0.15, 0.2) is 17.5 Å². The maximum Gasteiger partial charge on any atom is 0.307 e. The van der Waals surface area contributed by atoms with E-state index in [9.17, 15) is 14.7 Å². The van der Waals surface area contributed by atoms with E-state index in [2.05, 4.69) is 10.3 Å². The highest BCUT2D eigenvalue weighted by Gasteiger charge is 2.35. The largest absolute Gasteiger partial charge is 0.481 e. The van der Waals surface area contributed by atoms with Gasteiger partial charge in [-0.15, -0.1) is 22.7 Å². The number of carboxylic acid groups (broad SMARTS) is 1. The minimum atomic E-state index is -0.891. The molecule has 2 aromatic heterocycles. The Hall–Kier alpha value is -1.44. The van der Waals surface area contributed by atoms with Crippen molar-refractivity contribution < 1.29 is 14.7 Å².